The molecular weight excluding hydrogens is 408 g/mol. The van der Waals surface area contributed by atoms with Gasteiger partial charge in [-0.3, -0.25) is 4.79 Å². The molecule has 0 amide bonds. The Morgan fingerprint density at radius 3 is 2.15 bits per heavy atom. The van der Waals surface area contributed by atoms with E-state index in [1.54, 1.807) is 0 Å². The highest BCUT2D eigenvalue weighted by Crippen LogP contribution is 2.24. The maximum atomic E-state index is 12.1. The van der Waals surface area contributed by atoms with E-state index < -0.39 is 0 Å². The maximum absolute atomic E-state index is 12.1. The number of unbranched alkanes of at least 4 members (excludes halogenated alkanes) is 2. The van der Waals surface area contributed by atoms with E-state index in [2.05, 4.69) is 55.0 Å². The van der Waals surface area contributed by atoms with Crippen molar-refractivity contribution in [1.82, 2.24) is 9.97 Å². The molecule has 1 heterocycles. The van der Waals surface area contributed by atoms with Gasteiger partial charge >= 0.3 is 5.97 Å². The lowest BCUT2D eigenvalue weighted by atomic mass is 10.0. The quantitative estimate of drug-likeness (QED) is 0.163. The third-order valence-electron chi connectivity index (χ3n) is 6.13. The first-order valence-corrected chi connectivity index (χ1v) is 12.3. The molecule has 0 aliphatic rings. The zero-order valence-electron chi connectivity index (χ0n) is 20.2. The largest absolute Gasteiger partial charge is 0.427 e. The van der Waals surface area contributed by atoms with E-state index in [1.807, 2.05) is 36.7 Å². The average Bonchev–Trinajstić information content (AvgIpc) is 2.85. The van der Waals surface area contributed by atoms with Crippen molar-refractivity contribution < 1.29 is 9.53 Å². The minimum atomic E-state index is -0.171. The van der Waals surface area contributed by atoms with Gasteiger partial charge in [0.1, 0.15) is 5.75 Å². The Kier molecular flexibility index (Phi) is 9.61. The molecular formula is C29H36N2O2. The SMILES string of the molecule is CCCCCc1ccc(-c2ncc(-c3ccc(OC(=O)CCCC(C)CC)cc3)cn2)cc1. The van der Waals surface area contributed by atoms with Gasteiger partial charge in [0.2, 0.25) is 0 Å². The first-order valence-electron chi connectivity index (χ1n) is 12.3. The molecule has 1 aromatic heterocycles. The summed E-state index contributed by atoms with van der Waals surface area (Å²) in [5, 5.41) is 0. The fourth-order valence-electron chi connectivity index (χ4n) is 3.72. The van der Waals surface area contributed by atoms with Crippen LogP contribution >= 0.6 is 0 Å². The van der Waals surface area contributed by atoms with Crippen LogP contribution in [-0.2, 0) is 11.2 Å². The van der Waals surface area contributed by atoms with Gasteiger partial charge in [0.25, 0.3) is 0 Å². The van der Waals surface area contributed by atoms with Crippen molar-refractivity contribution >= 4 is 5.97 Å². The Labute approximate surface area is 198 Å². The summed E-state index contributed by atoms with van der Waals surface area (Å²) in [4.78, 5) is 21.2. The lowest BCUT2D eigenvalue weighted by Gasteiger charge is -2.08. The molecule has 4 heteroatoms. The lowest BCUT2D eigenvalue weighted by molar-refractivity contribution is -0.134. The first-order chi connectivity index (χ1) is 16.1. The van der Waals surface area contributed by atoms with Crippen LogP contribution in [0, 0.1) is 5.92 Å². The van der Waals surface area contributed by atoms with Crippen LogP contribution in [0.4, 0.5) is 0 Å². The second kappa shape index (κ2) is 12.9. The van der Waals surface area contributed by atoms with E-state index in [0.717, 1.165) is 48.2 Å². The Bertz CT molecular complexity index is 980. The predicted molar refractivity (Wildman–Crippen MR) is 135 cm³/mol. The summed E-state index contributed by atoms with van der Waals surface area (Å²) >= 11 is 0. The fourth-order valence-corrected chi connectivity index (χ4v) is 3.72. The molecule has 33 heavy (non-hydrogen) atoms. The van der Waals surface area contributed by atoms with Gasteiger partial charge in [0.05, 0.1) is 0 Å². The number of aromatic nitrogens is 2. The molecule has 1 atom stereocenters. The van der Waals surface area contributed by atoms with E-state index in [1.165, 1.54) is 24.8 Å². The molecule has 0 N–H and O–H groups in total. The van der Waals surface area contributed by atoms with Crippen molar-refractivity contribution in [3.8, 4) is 28.3 Å². The Hall–Kier alpha value is -3.01. The van der Waals surface area contributed by atoms with Crippen LogP contribution in [0.5, 0.6) is 5.75 Å². The summed E-state index contributed by atoms with van der Waals surface area (Å²) in [6, 6.07) is 16.1. The summed E-state index contributed by atoms with van der Waals surface area (Å²) < 4.78 is 5.47. The van der Waals surface area contributed by atoms with Crippen LogP contribution in [0.25, 0.3) is 22.5 Å². The van der Waals surface area contributed by atoms with Gasteiger partial charge in [-0.15, -0.1) is 0 Å². The normalized spacial score (nSPS) is 11.8. The standard InChI is InChI=1S/C29H36N2O2/c1-4-6-7-10-23-12-14-25(15-13-23)29-30-20-26(21-31-29)24-16-18-27(19-17-24)33-28(32)11-8-9-22(3)5-2/h12-22H,4-11H2,1-3H3. The van der Waals surface area contributed by atoms with Gasteiger partial charge in [-0.05, 0) is 48.4 Å². The molecule has 0 bridgehead atoms. The molecule has 0 fully saturated rings. The lowest BCUT2D eigenvalue weighted by Crippen LogP contribution is -2.08. The van der Waals surface area contributed by atoms with E-state index in [-0.39, 0.29) is 5.97 Å². The monoisotopic (exact) mass is 444 g/mol. The van der Waals surface area contributed by atoms with Gasteiger partial charge in [0, 0.05) is 29.9 Å². The van der Waals surface area contributed by atoms with E-state index in [4.69, 9.17) is 4.74 Å². The second-order valence-electron chi connectivity index (χ2n) is 8.85. The van der Waals surface area contributed by atoms with Crippen LogP contribution < -0.4 is 4.74 Å². The Morgan fingerprint density at radius 2 is 1.52 bits per heavy atom. The summed E-state index contributed by atoms with van der Waals surface area (Å²) in [5.41, 5.74) is 4.31. The van der Waals surface area contributed by atoms with Crippen molar-refractivity contribution in [2.24, 2.45) is 5.92 Å². The van der Waals surface area contributed by atoms with E-state index in [0.29, 0.717) is 18.1 Å². The molecule has 0 spiro atoms. The number of carbonyl (C=O) groups excluding carboxylic acids is 1. The number of esters is 1. The number of carbonyl (C=O) groups is 1. The third kappa shape index (κ3) is 7.81. The molecule has 4 nitrogen and oxygen atoms in total. The number of ether oxygens (including phenoxy) is 1. The van der Waals surface area contributed by atoms with E-state index >= 15 is 0 Å². The summed E-state index contributed by atoms with van der Waals surface area (Å²) in [6.45, 7) is 6.62. The van der Waals surface area contributed by atoms with Crippen molar-refractivity contribution in [1.29, 1.82) is 0 Å². The molecule has 0 aliphatic carbocycles. The number of hydrogen-bond acceptors (Lipinski definition) is 4. The predicted octanol–water partition coefficient (Wildman–Crippen LogP) is 7.67. The van der Waals surface area contributed by atoms with Crippen LogP contribution in [0.2, 0.25) is 0 Å². The summed E-state index contributed by atoms with van der Waals surface area (Å²) in [6.07, 6.45) is 12.1. The minimum absolute atomic E-state index is 0.171. The third-order valence-corrected chi connectivity index (χ3v) is 6.13. The number of benzene rings is 2. The zero-order chi connectivity index (χ0) is 23.5. The van der Waals surface area contributed by atoms with Gasteiger partial charge in [-0.25, -0.2) is 9.97 Å². The van der Waals surface area contributed by atoms with Gasteiger partial charge in [-0.2, -0.15) is 0 Å². The molecule has 0 saturated carbocycles. The topological polar surface area (TPSA) is 52.1 Å². The van der Waals surface area contributed by atoms with Crippen LogP contribution in [0.15, 0.2) is 60.9 Å². The van der Waals surface area contributed by atoms with Crippen LogP contribution in [0.1, 0.15) is 71.3 Å². The van der Waals surface area contributed by atoms with Crippen molar-refractivity contribution in [3.05, 3.63) is 66.5 Å². The minimum Gasteiger partial charge on any atom is -0.427 e. The molecule has 0 radical (unpaired) electrons. The molecule has 0 aliphatic heterocycles. The second-order valence-corrected chi connectivity index (χ2v) is 8.85. The number of nitrogens with zero attached hydrogens (tertiary/aromatic N) is 2. The zero-order valence-corrected chi connectivity index (χ0v) is 20.2. The van der Waals surface area contributed by atoms with Crippen LogP contribution in [-0.4, -0.2) is 15.9 Å². The smallest absolute Gasteiger partial charge is 0.311 e. The highest BCUT2D eigenvalue weighted by atomic mass is 16.5. The van der Waals surface area contributed by atoms with Crippen molar-refractivity contribution in [3.63, 3.8) is 0 Å². The molecule has 174 valence electrons. The van der Waals surface area contributed by atoms with Gasteiger partial charge in [0.15, 0.2) is 5.82 Å². The number of hydrogen-bond donors (Lipinski definition) is 0. The molecule has 2 aromatic carbocycles. The van der Waals surface area contributed by atoms with E-state index in [9.17, 15) is 4.79 Å². The number of aryl methyl sites for hydroxylation is 1. The molecule has 1 unspecified atom stereocenters. The van der Waals surface area contributed by atoms with Crippen LogP contribution in [0.3, 0.4) is 0 Å². The highest BCUT2D eigenvalue weighted by molar-refractivity contribution is 5.73. The summed E-state index contributed by atoms with van der Waals surface area (Å²) in [5.74, 6) is 1.78. The molecule has 3 rings (SSSR count). The highest BCUT2D eigenvalue weighted by Gasteiger charge is 2.08. The van der Waals surface area contributed by atoms with Crippen molar-refractivity contribution in [2.75, 3.05) is 0 Å². The Morgan fingerprint density at radius 1 is 0.848 bits per heavy atom. The molecule has 3 aromatic rings. The van der Waals surface area contributed by atoms with Crippen molar-refractivity contribution in [2.45, 2.75) is 72.1 Å². The Balaban J connectivity index is 1.54. The average molecular weight is 445 g/mol. The maximum Gasteiger partial charge on any atom is 0.311 e. The fraction of sp³-hybridized carbons (Fsp3) is 0.414. The first kappa shape index (κ1) is 24.6. The van der Waals surface area contributed by atoms with Gasteiger partial charge < -0.3 is 4.74 Å². The number of rotatable bonds is 12. The van der Waals surface area contributed by atoms with Gasteiger partial charge in [-0.1, -0.05) is 82.9 Å². The molecule has 0 saturated heterocycles. The summed E-state index contributed by atoms with van der Waals surface area (Å²) in [7, 11) is 0.